The molecule has 0 N–H and O–H groups in total. The highest BCUT2D eigenvalue weighted by molar-refractivity contribution is 6.26. The second-order valence-corrected chi connectivity index (χ2v) is 9.41. The minimum atomic E-state index is 0.671. The maximum absolute atomic E-state index is 4.40. The van der Waals surface area contributed by atoms with E-state index in [1.807, 2.05) is 0 Å². The van der Waals surface area contributed by atoms with Crippen LogP contribution in [-0.4, -0.2) is 24.1 Å². The fourth-order valence-corrected chi connectivity index (χ4v) is 5.79. The van der Waals surface area contributed by atoms with Gasteiger partial charge in [0, 0.05) is 38.5 Å². The zero-order chi connectivity index (χ0) is 25.1. The van der Waals surface area contributed by atoms with E-state index in [2.05, 4.69) is 139 Å². The van der Waals surface area contributed by atoms with Crippen LogP contribution in [0.15, 0.2) is 128 Å². The third-order valence-corrected chi connectivity index (χ3v) is 7.34. The summed E-state index contributed by atoms with van der Waals surface area (Å²) in [4.78, 5) is 12.8. The SMILES string of the molecule is c1ccc(-n2c3ccccc3c3c2ccc2c4cc(-c5ncncn5)ccc4n(-c4ccccc4)c23)cc1. The Bertz CT molecular complexity index is 2110. The van der Waals surface area contributed by atoms with Gasteiger partial charge in [-0.25, -0.2) is 15.0 Å². The molecule has 0 aliphatic heterocycles. The zero-order valence-corrected chi connectivity index (χ0v) is 20.4. The molecule has 0 amide bonds. The summed E-state index contributed by atoms with van der Waals surface area (Å²) in [6.07, 6.45) is 3.09. The molecule has 5 aromatic carbocycles. The highest BCUT2D eigenvalue weighted by Gasteiger charge is 2.21. The van der Waals surface area contributed by atoms with Crippen molar-refractivity contribution < 1.29 is 0 Å². The molecule has 8 aromatic rings. The molecule has 0 atom stereocenters. The largest absolute Gasteiger partial charge is 0.309 e. The molecule has 3 aromatic heterocycles. The molecule has 3 heterocycles. The Labute approximate surface area is 218 Å². The average molecular weight is 488 g/mol. The first-order valence-corrected chi connectivity index (χ1v) is 12.6. The lowest BCUT2D eigenvalue weighted by atomic mass is 10.1. The van der Waals surface area contributed by atoms with Crippen LogP contribution in [0, 0.1) is 0 Å². The van der Waals surface area contributed by atoms with E-state index in [1.165, 1.54) is 38.1 Å². The van der Waals surface area contributed by atoms with Gasteiger partial charge in [0.25, 0.3) is 0 Å². The normalized spacial score (nSPS) is 11.7. The highest BCUT2D eigenvalue weighted by atomic mass is 15.0. The summed E-state index contributed by atoms with van der Waals surface area (Å²) in [6.45, 7) is 0. The van der Waals surface area contributed by atoms with Gasteiger partial charge in [0.1, 0.15) is 12.7 Å². The lowest BCUT2D eigenvalue weighted by Crippen LogP contribution is -1.95. The molecule has 0 saturated carbocycles. The third-order valence-electron chi connectivity index (χ3n) is 7.34. The van der Waals surface area contributed by atoms with Gasteiger partial charge in [0.2, 0.25) is 0 Å². The van der Waals surface area contributed by atoms with E-state index in [0.29, 0.717) is 5.82 Å². The molecule has 5 nitrogen and oxygen atoms in total. The maximum Gasteiger partial charge on any atom is 0.162 e. The van der Waals surface area contributed by atoms with Gasteiger partial charge < -0.3 is 9.13 Å². The van der Waals surface area contributed by atoms with Gasteiger partial charge in [-0.3, -0.25) is 0 Å². The number of fused-ring (bicyclic) bond motifs is 7. The van der Waals surface area contributed by atoms with Crippen LogP contribution >= 0.6 is 0 Å². The molecule has 0 fully saturated rings. The fourth-order valence-electron chi connectivity index (χ4n) is 5.79. The molecule has 0 unspecified atom stereocenters. The molecule has 0 radical (unpaired) electrons. The Morgan fingerprint density at radius 1 is 0.474 bits per heavy atom. The first-order valence-electron chi connectivity index (χ1n) is 12.6. The van der Waals surface area contributed by atoms with Crippen molar-refractivity contribution in [1.29, 1.82) is 0 Å². The van der Waals surface area contributed by atoms with Crippen molar-refractivity contribution in [3.63, 3.8) is 0 Å². The Hall–Kier alpha value is -5.29. The number of hydrogen-bond donors (Lipinski definition) is 0. The van der Waals surface area contributed by atoms with Crippen LogP contribution in [0.25, 0.3) is 66.4 Å². The molecule has 178 valence electrons. The zero-order valence-electron chi connectivity index (χ0n) is 20.4. The topological polar surface area (TPSA) is 48.5 Å². The lowest BCUT2D eigenvalue weighted by Gasteiger charge is -2.10. The van der Waals surface area contributed by atoms with Crippen LogP contribution in [0.3, 0.4) is 0 Å². The summed E-state index contributed by atoms with van der Waals surface area (Å²) in [5.41, 5.74) is 7.97. The van der Waals surface area contributed by atoms with Gasteiger partial charge in [-0.1, -0.05) is 60.7 Å². The summed E-state index contributed by atoms with van der Waals surface area (Å²) in [5, 5.41) is 4.83. The van der Waals surface area contributed by atoms with Crippen LogP contribution in [-0.2, 0) is 0 Å². The molecule has 0 spiro atoms. The maximum atomic E-state index is 4.40. The quantitative estimate of drug-likeness (QED) is 0.256. The Morgan fingerprint density at radius 2 is 1.11 bits per heavy atom. The first kappa shape index (κ1) is 20.9. The summed E-state index contributed by atoms with van der Waals surface area (Å²) < 4.78 is 4.76. The molecule has 0 bridgehead atoms. The fraction of sp³-hybridized carbons (Fsp3) is 0. The second-order valence-electron chi connectivity index (χ2n) is 9.41. The van der Waals surface area contributed by atoms with Crippen molar-refractivity contribution in [3.8, 4) is 22.8 Å². The van der Waals surface area contributed by atoms with Crippen LogP contribution in [0.5, 0.6) is 0 Å². The van der Waals surface area contributed by atoms with E-state index >= 15 is 0 Å². The summed E-state index contributed by atoms with van der Waals surface area (Å²) >= 11 is 0. The minimum absolute atomic E-state index is 0.671. The predicted molar refractivity (Wildman–Crippen MR) is 154 cm³/mol. The number of para-hydroxylation sites is 3. The molecule has 38 heavy (non-hydrogen) atoms. The Morgan fingerprint density at radius 3 is 1.87 bits per heavy atom. The van der Waals surface area contributed by atoms with E-state index in [1.54, 1.807) is 12.7 Å². The first-order chi connectivity index (χ1) is 18.9. The van der Waals surface area contributed by atoms with Gasteiger partial charge in [0.05, 0.1) is 22.1 Å². The van der Waals surface area contributed by atoms with Gasteiger partial charge in [-0.2, -0.15) is 0 Å². The van der Waals surface area contributed by atoms with Crippen LogP contribution < -0.4 is 0 Å². The van der Waals surface area contributed by atoms with Gasteiger partial charge in [-0.05, 0) is 54.6 Å². The number of hydrogen-bond acceptors (Lipinski definition) is 3. The summed E-state index contributed by atoms with van der Waals surface area (Å²) in [7, 11) is 0. The van der Waals surface area contributed by atoms with Crippen molar-refractivity contribution in [2.45, 2.75) is 0 Å². The molecular weight excluding hydrogens is 466 g/mol. The molecule has 0 aliphatic carbocycles. The highest BCUT2D eigenvalue weighted by Crippen LogP contribution is 2.42. The Balaban J connectivity index is 1.58. The minimum Gasteiger partial charge on any atom is -0.309 e. The van der Waals surface area contributed by atoms with Crippen LogP contribution in [0.2, 0.25) is 0 Å². The number of aromatic nitrogens is 5. The van der Waals surface area contributed by atoms with Gasteiger partial charge in [-0.15, -0.1) is 0 Å². The van der Waals surface area contributed by atoms with Crippen molar-refractivity contribution >= 4 is 43.6 Å². The van der Waals surface area contributed by atoms with E-state index in [-0.39, 0.29) is 0 Å². The smallest absolute Gasteiger partial charge is 0.162 e. The van der Waals surface area contributed by atoms with E-state index in [9.17, 15) is 0 Å². The summed E-state index contributed by atoms with van der Waals surface area (Å²) in [5.74, 6) is 0.671. The number of benzene rings is 5. The number of nitrogens with zero attached hydrogens (tertiary/aromatic N) is 5. The standard InChI is InChI=1S/C33H21N5/c1-3-9-23(10-4-1)37-28-14-8-7-13-26(28)31-30(37)18-16-25-27-19-22(33-35-20-34-21-36-33)15-17-29(27)38(32(25)31)24-11-5-2-6-12-24/h1-21H. The van der Waals surface area contributed by atoms with E-state index < -0.39 is 0 Å². The summed E-state index contributed by atoms with van der Waals surface area (Å²) in [6, 6.07) is 40.9. The van der Waals surface area contributed by atoms with E-state index in [4.69, 9.17) is 0 Å². The van der Waals surface area contributed by atoms with Gasteiger partial charge in [0.15, 0.2) is 5.82 Å². The molecule has 0 aliphatic rings. The molecule has 8 rings (SSSR count). The third kappa shape index (κ3) is 2.96. The van der Waals surface area contributed by atoms with Crippen molar-refractivity contribution in [3.05, 3.63) is 128 Å². The van der Waals surface area contributed by atoms with Crippen molar-refractivity contribution in [1.82, 2.24) is 24.1 Å². The second kappa shape index (κ2) is 8.11. The average Bonchev–Trinajstić information content (AvgIpc) is 3.51. The van der Waals surface area contributed by atoms with Crippen molar-refractivity contribution in [2.75, 3.05) is 0 Å². The monoisotopic (exact) mass is 487 g/mol. The molecular formula is C33H21N5. The Kier molecular flexibility index (Phi) is 4.45. The lowest BCUT2D eigenvalue weighted by molar-refractivity contribution is 1.06. The predicted octanol–water partition coefficient (Wildman–Crippen LogP) is 7.73. The van der Waals surface area contributed by atoms with E-state index in [0.717, 1.165) is 22.5 Å². The van der Waals surface area contributed by atoms with Crippen LogP contribution in [0.1, 0.15) is 0 Å². The number of rotatable bonds is 3. The van der Waals surface area contributed by atoms with Gasteiger partial charge >= 0.3 is 0 Å². The van der Waals surface area contributed by atoms with Crippen molar-refractivity contribution in [2.24, 2.45) is 0 Å². The van der Waals surface area contributed by atoms with Crippen LogP contribution in [0.4, 0.5) is 0 Å². The molecule has 0 saturated heterocycles. The molecule has 5 heteroatoms.